The van der Waals surface area contributed by atoms with E-state index >= 15 is 0 Å². The minimum atomic E-state index is -0.604. The second-order valence-electron chi connectivity index (χ2n) is 7.57. The number of Topliss-reactive ketones (excluding diaryl/α,β-unsaturated/α-hetero) is 1. The highest BCUT2D eigenvalue weighted by atomic mass is 35.5. The van der Waals surface area contributed by atoms with Crippen molar-refractivity contribution in [1.29, 1.82) is 0 Å². The van der Waals surface area contributed by atoms with Gasteiger partial charge in [-0.05, 0) is 20.8 Å². The van der Waals surface area contributed by atoms with Crippen LogP contribution in [-0.2, 0) is 9.53 Å². The molecule has 0 bridgehead atoms. The molecule has 2 aromatic rings. The zero-order valence-corrected chi connectivity index (χ0v) is 16.3. The van der Waals surface area contributed by atoms with Crippen LogP contribution in [0, 0.1) is 5.92 Å². The zero-order chi connectivity index (χ0) is 19.6. The van der Waals surface area contributed by atoms with E-state index in [1.807, 2.05) is 0 Å². The number of amides is 1. The molecule has 144 valence electrons. The number of halogens is 1. The number of nitrogens with one attached hydrogen (secondary N) is 1. The number of hydrogen-bond donors (Lipinski definition) is 1. The summed E-state index contributed by atoms with van der Waals surface area (Å²) < 4.78 is 5.38. The third kappa shape index (κ3) is 5.03. The first kappa shape index (κ1) is 19.3. The molecule has 1 aliphatic heterocycles. The Balaban J connectivity index is 1.69. The number of aromatic nitrogens is 3. The molecule has 8 nitrogen and oxygen atoms in total. The first-order valence-corrected chi connectivity index (χ1v) is 9.10. The SMILES string of the molecule is CC(C)(C)OC(=O)N1CC(=O)C[C@@H](CNc2nc(Cl)cc3nccnc23)C1. The van der Waals surface area contributed by atoms with Crippen molar-refractivity contribution in [1.82, 2.24) is 19.9 Å². The summed E-state index contributed by atoms with van der Waals surface area (Å²) in [6, 6.07) is 1.64. The topological polar surface area (TPSA) is 97.3 Å². The number of ketones is 1. The summed E-state index contributed by atoms with van der Waals surface area (Å²) in [5.74, 6) is 0.446. The molecule has 27 heavy (non-hydrogen) atoms. The maximum absolute atomic E-state index is 12.3. The van der Waals surface area contributed by atoms with Crippen molar-refractivity contribution in [2.24, 2.45) is 5.92 Å². The van der Waals surface area contributed by atoms with Crippen LogP contribution in [0.2, 0.25) is 5.15 Å². The van der Waals surface area contributed by atoms with Crippen LogP contribution in [0.3, 0.4) is 0 Å². The van der Waals surface area contributed by atoms with Gasteiger partial charge in [0.25, 0.3) is 0 Å². The first-order chi connectivity index (χ1) is 12.7. The maximum atomic E-state index is 12.3. The van der Waals surface area contributed by atoms with Gasteiger partial charge < -0.3 is 15.0 Å². The highest BCUT2D eigenvalue weighted by molar-refractivity contribution is 6.30. The highest BCUT2D eigenvalue weighted by Gasteiger charge is 2.31. The average Bonchev–Trinajstić information content (AvgIpc) is 2.57. The molecule has 0 aromatic carbocycles. The summed E-state index contributed by atoms with van der Waals surface area (Å²) in [6.45, 7) is 6.35. The van der Waals surface area contributed by atoms with E-state index in [-0.39, 0.29) is 18.2 Å². The summed E-state index contributed by atoms with van der Waals surface area (Å²) in [6.07, 6.45) is 3.08. The molecule has 0 radical (unpaired) electrons. The summed E-state index contributed by atoms with van der Waals surface area (Å²) >= 11 is 6.05. The van der Waals surface area contributed by atoms with Crippen LogP contribution in [0.5, 0.6) is 0 Å². The molecule has 1 atom stereocenters. The van der Waals surface area contributed by atoms with E-state index in [0.29, 0.717) is 41.5 Å². The Bertz CT molecular complexity index is 868. The molecule has 3 heterocycles. The fourth-order valence-corrected chi connectivity index (χ4v) is 3.14. The van der Waals surface area contributed by atoms with Gasteiger partial charge in [-0.2, -0.15) is 0 Å². The first-order valence-electron chi connectivity index (χ1n) is 8.72. The molecule has 1 fully saturated rings. The van der Waals surface area contributed by atoms with Crippen LogP contribution in [0.15, 0.2) is 18.5 Å². The number of ether oxygens (including phenoxy) is 1. The Labute approximate surface area is 162 Å². The van der Waals surface area contributed by atoms with E-state index in [1.165, 1.54) is 4.90 Å². The van der Waals surface area contributed by atoms with Gasteiger partial charge in [0, 0.05) is 43.9 Å². The van der Waals surface area contributed by atoms with E-state index in [0.717, 1.165) is 0 Å². The monoisotopic (exact) mass is 391 g/mol. The predicted octanol–water partition coefficient (Wildman–Crippen LogP) is 2.92. The lowest BCUT2D eigenvalue weighted by Crippen LogP contribution is -2.47. The Morgan fingerprint density at radius 3 is 2.85 bits per heavy atom. The van der Waals surface area contributed by atoms with E-state index in [4.69, 9.17) is 16.3 Å². The van der Waals surface area contributed by atoms with Crippen molar-refractivity contribution in [3.8, 4) is 0 Å². The number of nitrogens with zero attached hydrogens (tertiary/aromatic N) is 4. The predicted molar refractivity (Wildman–Crippen MR) is 102 cm³/mol. The molecular weight excluding hydrogens is 370 g/mol. The van der Waals surface area contributed by atoms with Gasteiger partial charge in [0.15, 0.2) is 11.6 Å². The number of piperidine rings is 1. The fraction of sp³-hybridized carbons (Fsp3) is 0.500. The lowest BCUT2D eigenvalue weighted by Gasteiger charge is -2.33. The largest absolute Gasteiger partial charge is 0.444 e. The molecule has 0 spiro atoms. The third-order valence-corrected chi connectivity index (χ3v) is 4.19. The van der Waals surface area contributed by atoms with Gasteiger partial charge in [0.05, 0.1) is 12.1 Å². The van der Waals surface area contributed by atoms with Crippen LogP contribution < -0.4 is 5.32 Å². The van der Waals surface area contributed by atoms with Crippen molar-refractivity contribution in [3.63, 3.8) is 0 Å². The van der Waals surface area contributed by atoms with Gasteiger partial charge in [0.1, 0.15) is 16.3 Å². The van der Waals surface area contributed by atoms with Crippen molar-refractivity contribution in [2.75, 3.05) is 25.0 Å². The molecule has 1 saturated heterocycles. The summed E-state index contributed by atoms with van der Waals surface area (Å²) in [5, 5.41) is 3.50. The Hall–Kier alpha value is -2.48. The highest BCUT2D eigenvalue weighted by Crippen LogP contribution is 2.23. The van der Waals surface area contributed by atoms with Crippen LogP contribution in [0.4, 0.5) is 10.6 Å². The van der Waals surface area contributed by atoms with Gasteiger partial charge in [0.2, 0.25) is 0 Å². The second-order valence-corrected chi connectivity index (χ2v) is 7.96. The van der Waals surface area contributed by atoms with Crippen LogP contribution in [0.1, 0.15) is 27.2 Å². The molecule has 1 N–H and O–H groups in total. The van der Waals surface area contributed by atoms with Crippen LogP contribution in [-0.4, -0.2) is 57.0 Å². The van der Waals surface area contributed by atoms with Crippen LogP contribution in [0.25, 0.3) is 11.0 Å². The van der Waals surface area contributed by atoms with Crippen molar-refractivity contribution in [2.45, 2.75) is 32.8 Å². The molecular formula is C18H22ClN5O3. The van der Waals surface area contributed by atoms with Gasteiger partial charge in [-0.1, -0.05) is 11.6 Å². The maximum Gasteiger partial charge on any atom is 0.410 e. The molecule has 1 aliphatic rings. The van der Waals surface area contributed by atoms with Crippen LogP contribution >= 0.6 is 11.6 Å². The minimum Gasteiger partial charge on any atom is -0.444 e. The van der Waals surface area contributed by atoms with E-state index < -0.39 is 11.7 Å². The zero-order valence-electron chi connectivity index (χ0n) is 15.5. The molecule has 9 heteroatoms. The molecule has 0 saturated carbocycles. The second kappa shape index (κ2) is 7.64. The molecule has 2 aromatic heterocycles. The summed E-state index contributed by atoms with van der Waals surface area (Å²) in [5.41, 5.74) is 0.635. The number of carbonyl (C=O) groups is 2. The molecule has 1 amide bonds. The van der Waals surface area contributed by atoms with Crippen molar-refractivity contribution >= 4 is 40.3 Å². The number of rotatable bonds is 3. The molecule has 0 aliphatic carbocycles. The van der Waals surface area contributed by atoms with Gasteiger partial charge >= 0.3 is 6.09 Å². The van der Waals surface area contributed by atoms with Gasteiger partial charge in [-0.3, -0.25) is 9.78 Å². The number of hydrogen-bond acceptors (Lipinski definition) is 7. The number of likely N-dealkylation sites (tertiary alicyclic amines) is 1. The van der Waals surface area contributed by atoms with E-state index in [9.17, 15) is 9.59 Å². The lowest BCUT2D eigenvalue weighted by atomic mass is 9.97. The summed E-state index contributed by atoms with van der Waals surface area (Å²) in [4.78, 5) is 38.6. The van der Waals surface area contributed by atoms with Gasteiger partial charge in [-0.25, -0.2) is 14.8 Å². The molecule has 0 unspecified atom stereocenters. The Morgan fingerprint density at radius 2 is 2.11 bits per heavy atom. The van der Waals surface area contributed by atoms with Gasteiger partial charge in [-0.15, -0.1) is 0 Å². The fourth-order valence-electron chi connectivity index (χ4n) is 2.95. The van der Waals surface area contributed by atoms with Crippen molar-refractivity contribution < 1.29 is 14.3 Å². The standard InChI is InChI=1S/C18H22ClN5O3/c1-18(2,3)27-17(26)24-9-11(6-12(25)10-24)8-22-16-15-13(7-14(19)23-16)20-4-5-21-15/h4-5,7,11H,6,8-10H2,1-3H3,(H,22,23)/t11-/m0/s1. The normalized spacial score (nSPS) is 17.9. The lowest BCUT2D eigenvalue weighted by molar-refractivity contribution is -0.123. The quantitative estimate of drug-likeness (QED) is 0.803. The smallest absolute Gasteiger partial charge is 0.410 e. The minimum absolute atomic E-state index is 0.00242. The number of anilines is 1. The Morgan fingerprint density at radius 1 is 1.37 bits per heavy atom. The average molecular weight is 392 g/mol. The number of carbonyl (C=O) groups excluding carboxylic acids is 2. The molecule has 3 rings (SSSR count). The number of fused-ring (bicyclic) bond motifs is 1. The third-order valence-electron chi connectivity index (χ3n) is 4.00. The van der Waals surface area contributed by atoms with E-state index in [1.54, 1.807) is 39.2 Å². The number of pyridine rings is 1. The summed E-state index contributed by atoms with van der Waals surface area (Å²) in [7, 11) is 0. The Kier molecular flexibility index (Phi) is 5.46. The van der Waals surface area contributed by atoms with E-state index in [2.05, 4.69) is 20.3 Å². The van der Waals surface area contributed by atoms with Crippen molar-refractivity contribution in [3.05, 3.63) is 23.6 Å².